The molecule has 0 spiro atoms. The average molecular weight is 263 g/mol. The molecule has 0 amide bonds. The standard InChI is InChI=1S/C12H20F3N3/c1-10(4-3-6-12(13,14)15)16-7-5-11-17-8-9-18(11)2/h8-10,16H,3-7H2,1-2H3. The van der Waals surface area contributed by atoms with Gasteiger partial charge in [-0.05, 0) is 19.8 Å². The number of halogens is 3. The Labute approximate surface area is 105 Å². The number of aromatic nitrogens is 2. The molecule has 0 radical (unpaired) electrons. The summed E-state index contributed by atoms with van der Waals surface area (Å²) in [5.74, 6) is 0.977. The molecule has 0 aromatic carbocycles. The van der Waals surface area contributed by atoms with E-state index in [2.05, 4.69) is 10.3 Å². The van der Waals surface area contributed by atoms with Crippen LogP contribution in [0.15, 0.2) is 12.4 Å². The normalized spacial score (nSPS) is 13.8. The van der Waals surface area contributed by atoms with Crippen LogP contribution in [0.2, 0.25) is 0 Å². The van der Waals surface area contributed by atoms with Crippen LogP contribution < -0.4 is 5.32 Å². The minimum Gasteiger partial charge on any atom is -0.338 e. The molecular formula is C12H20F3N3. The quantitative estimate of drug-likeness (QED) is 0.819. The fourth-order valence-electron chi connectivity index (χ4n) is 1.78. The van der Waals surface area contributed by atoms with Crippen molar-refractivity contribution in [3.8, 4) is 0 Å². The lowest BCUT2D eigenvalue weighted by Crippen LogP contribution is -2.29. The van der Waals surface area contributed by atoms with Crippen molar-refractivity contribution in [3.63, 3.8) is 0 Å². The molecule has 1 unspecified atom stereocenters. The first-order chi connectivity index (χ1) is 8.38. The molecule has 3 nitrogen and oxygen atoms in total. The molecule has 1 atom stereocenters. The SMILES string of the molecule is CC(CCCC(F)(F)F)NCCc1nccn1C. The van der Waals surface area contributed by atoms with E-state index in [0.29, 0.717) is 6.42 Å². The van der Waals surface area contributed by atoms with Crippen LogP contribution in [0.3, 0.4) is 0 Å². The number of hydrogen-bond acceptors (Lipinski definition) is 2. The van der Waals surface area contributed by atoms with Crippen LogP contribution in [0.5, 0.6) is 0 Å². The first kappa shape index (κ1) is 15.0. The first-order valence-corrected chi connectivity index (χ1v) is 6.15. The molecule has 1 heterocycles. The van der Waals surface area contributed by atoms with Gasteiger partial charge < -0.3 is 9.88 Å². The Bertz CT molecular complexity index is 347. The van der Waals surface area contributed by atoms with E-state index < -0.39 is 12.6 Å². The van der Waals surface area contributed by atoms with E-state index in [1.807, 2.05) is 24.7 Å². The minimum absolute atomic E-state index is 0.104. The van der Waals surface area contributed by atoms with Crippen molar-refractivity contribution in [1.29, 1.82) is 0 Å². The van der Waals surface area contributed by atoms with Crippen LogP contribution in [0.25, 0.3) is 0 Å². The van der Waals surface area contributed by atoms with Gasteiger partial charge in [0, 0.05) is 44.9 Å². The van der Waals surface area contributed by atoms with Crippen molar-refractivity contribution in [2.75, 3.05) is 6.54 Å². The smallest absolute Gasteiger partial charge is 0.338 e. The number of aryl methyl sites for hydroxylation is 1. The summed E-state index contributed by atoms with van der Waals surface area (Å²) in [5, 5.41) is 3.21. The summed E-state index contributed by atoms with van der Waals surface area (Å²) in [5.41, 5.74) is 0. The maximum absolute atomic E-state index is 12.0. The highest BCUT2D eigenvalue weighted by Gasteiger charge is 2.26. The highest BCUT2D eigenvalue weighted by Crippen LogP contribution is 2.22. The van der Waals surface area contributed by atoms with Crippen molar-refractivity contribution < 1.29 is 13.2 Å². The predicted octanol–water partition coefficient (Wildman–Crippen LogP) is 2.67. The van der Waals surface area contributed by atoms with Gasteiger partial charge in [0.05, 0.1) is 0 Å². The van der Waals surface area contributed by atoms with Gasteiger partial charge in [0.2, 0.25) is 0 Å². The Morgan fingerprint density at radius 1 is 1.44 bits per heavy atom. The third-order valence-corrected chi connectivity index (χ3v) is 2.86. The first-order valence-electron chi connectivity index (χ1n) is 6.15. The number of nitrogens with one attached hydrogen (secondary N) is 1. The summed E-state index contributed by atoms with van der Waals surface area (Å²) < 4.78 is 37.8. The summed E-state index contributed by atoms with van der Waals surface area (Å²) in [6, 6.07) is 0.104. The summed E-state index contributed by atoms with van der Waals surface area (Å²) in [7, 11) is 1.93. The van der Waals surface area contributed by atoms with Crippen LogP contribution in [-0.2, 0) is 13.5 Å². The van der Waals surface area contributed by atoms with Gasteiger partial charge in [0.25, 0.3) is 0 Å². The molecule has 0 saturated carbocycles. The molecule has 6 heteroatoms. The van der Waals surface area contributed by atoms with E-state index in [0.717, 1.165) is 18.8 Å². The molecule has 0 saturated heterocycles. The third-order valence-electron chi connectivity index (χ3n) is 2.86. The largest absolute Gasteiger partial charge is 0.389 e. The number of rotatable bonds is 7. The molecular weight excluding hydrogens is 243 g/mol. The van der Waals surface area contributed by atoms with Gasteiger partial charge in [-0.15, -0.1) is 0 Å². The van der Waals surface area contributed by atoms with E-state index in [-0.39, 0.29) is 12.5 Å². The summed E-state index contributed by atoms with van der Waals surface area (Å²) in [6.45, 7) is 2.65. The van der Waals surface area contributed by atoms with Crippen molar-refractivity contribution in [2.24, 2.45) is 7.05 Å². The van der Waals surface area contributed by atoms with Crippen molar-refractivity contribution in [1.82, 2.24) is 14.9 Å². The van der Waals surface area contributed by atoms with Crippen molar-refractivity contribution >= 4 is 0 Å². The van der Waals surface area contributed by atoms with Crippen LogP contribution in [-0.4, -0.2) is 28.3 Å². The molecule has 1 rings (SSSR count). The monoisotopic (exact) mass is 263 g/mol. The van der Waals surface area contributed by atoms with E-state index in [9.17, 15) is 13.2 Å². The third kappa shape index (κ3) is 6.05. The second-order valence-electron chi connectivity index (χ2n) is 4.57. The summed E-state index contributed by atoms with van der Waals surface area (Å²) in [4.78, 5) is 4.18. The Balaban J connectivity index is 2.10. The number of imidazole rings is 1. The second kappa shape index (κ2) is 6.78. The Hall–Kier alpha value is -1.04. The highest BCUT2D eigenvalue weighted by atomic mass is 19.4. The predicted molar refractivity (Wildman–Crippen MR) is 64.3 cm³/mol. The number of hydrogen-bond donors (Lipinski definition) is 1. The zero-order chi connectivity index (χ0) is 13.6. The maximum atomic E-state index is 12.0. The van der Waals surface area contributed by atoms with Crippen LogP contribution in [0.4, 0.5) is 13.2 Å². The molecule has 104 valence electrons. The number of nitrogens with zero attached hydrogens (tertiary/aromatic N) is 2. The van der Waals surface area contributed by atoms with E-state index >= 15 is 0 Å². The molecule has 0 aliphatic rings. The molecule has 1 N–H and O–H groups in total. The maximum Gasteiger partial charge on any atom is 0.389 e. The van der Waals surface area contributed by atoms with Gasteiger partial charge in [-0.2, -0.15) is 13.2 Å². The topological polar surface area (TPSA) is 29.9 Å². The van der Waals surface area contributed by atoms with Crippen LogP contribution in [0, 0.1) is 0 Å². The van der Waals surface area contributed by atoms with Gasteiger partial charge >= 0.3 is 6.18 Å². The Morgan fingerprint density at radius 3 is 2.72 bits per heavy atom. The van der Waals surface area contributed by atoms with Crippen molar-refractivity contribution in [3.05, 3.63) is 18.2 Å². The Morgan fingerprint density at radius 2 is 2.17 bits per heavy atom. The molecule has 1 aromatic rings. The molecule has 0 aliphatic heterocycles. The summed E-state index contributed by atoms with van der Waals surface area (Å²) >= 11 is 0. The molecule has 0 aliphatic carbocycles. The van der Waals surface area contributed by atoms with Crippen LogP contribution in [0.1, 0.15) is 32.0 Å². The minimum atomic E-state index is -4.04. The number of alkyl halides is 3. The van der Waals surface area contributed by atoms with E-state index in [1.54, 1.807) is 6.20 Å². The van der Waals surface area contributed by atoms with Gasteiger partial charge in [0.15, 0.2) is 0 Å². The lowest BCUT2D eigenvalue weighted by Gasteiger charge is -2.14. The lowest BCUT2D eigenvalue weighted by molar-refractivity contribution is -0.135. The molecule has 0 bridgehead atoms. The Kier molecular flexibility index (Phi) is 5.65. The second-order valence-corrected chi connectivity index (χ2v) is 4.57. The van der Waals surface area contributed by atoms with Gasteiger partial charge in [-0.1, -0.05) is 0 Å². The molecule has 0 fully saturated rings. The fraction of sp³-hybridized carbons (Fsp3) is 0.750. The zero-order valence-electron chi connectivity index (χ0n) is 10.8. The van der Waals surface area contributed by atoms with Crippen molar-refractivity contribution in [2.45, 2.75) is 44.8 Å². The lowest BCUT2D eigenvalue weighted by atomic mass is 10.1. The van der Waals surface area contributed by atoms with Gasteiger partial charge in [-0.25, -0.2) is 4.98 Å². The van der Waals surface area contributed by atoms with Crippen LogP contribution >= 0.6 is 0 Å². The van der Waals surface area contributed by atoms with E-state index in [4.69, 9.17) is 0 Å². The fourth-order valence-corrected chi connectivity index (χ4v) is 1.78. The zero-order valence-corrected chi connectivity index (χ0v) is 10.8. The summed E-state index contributed by atoms with van der Waals surface area (Å²) in [6.07, 6.45) is 0.391. The molecule has 1 aromatic heterocycles. The van der Waals surface area contributed by atoms with E-state index in [1.165, 1.54) is 0 Å². The van der Waals surface area contributed by atoms with Gasteiger partial charge in [0.1, 0.15) is 5.82 Å². The molecule has 18 heavy (non-hydrogen) atoms. The highest BCUT2D eigenvalue weighted by molar-refractivity contribution is 4.91. The average Bonchev–Trinajstić information content (AvgIpc) is 2.62. The van der Waals surface area contributed by atoms with Gasteiger partial charge in [-0.3, -0.25) is 0 Å².